The smallest absolute Gasteiger partial charge is 0.164 e. The molecule has 0 aromatic heterocycles. The molecule has 122 valence electrons. The molecule has 1 aliphatic rings. The van der Waals surface area contributed by atoms with Gasteiger partial charge in [0, 0.05) is 24.1 Å². The van der Waals surface area contributed by atoms with E-state index in [1.165, 1.54) is 12.1 Å². The predicted molar refractivity (Wildman–Crippen MR) is 85.5 cm³/mol. The number of fused-ring (bicyclic) bond motifs is 1. The fraction of sp³-hybridized carbons (Fsp3) is 0.333. The number of hydrogen-bond acceptors (Lipinski definition) is 4. The maximum absolute atomic E-state index is 13.2. The number of rotatable bonds is 4. The van der Waals surface area contributed by atoms with Crippen molar-refractivity contribution in [1.82, 2.24) is 5.32 Å². The van der Waals surface area contributed by atoms with Gasteiger partial charge in [0.1, 0.15) is 11.5 Å². The molecule has 0 saturated heterocycles. The molecule has 0 bridgehead atoms. The lowest BCUT2D eigenvalue weighted by Crippen LogP contribution is -2.29. The number of nitrogens with one attached hydrogen (secondary N) is 1. The zero-order valence-electron chi connectivity index (χ0n) is 13.2. The fourth-order valence-corrected chi connectivity index (χ4v) is 2.87. The van der Waals surface area contributed by atoms with E-state index in [2.05, 4.69) is 5.32 Å². The topological polar surface area (TPSA) is 50.7 Å². The molecule has 0 aliphatic carbocycles. The van der Waals surface area contributed by atoms with Crippen LogP contribution in [0.4, 0.5) is 4.39 Å². The van der Waals surface area contributed by atoms with E-state index in [-0.39, 0.29) is 17.8 Å². The third-order valence-corrected chi connectivity index (χ3v) is 4.18. The Labute approximate surface area is 134 Å². The molecule has 2 aromatic carbocycles. The molecule has 5 heteroatoms. The highest BCUT2D eigenvalue weighted by molar-refractivity contribution is 5.43. The van der Waals surface area contributed by atoms with Gasteiger partial charge in [-0.15, -0.1) is 0 Å². The molecule has 0 amide bonds. The third kappa shape index (κ3) is 3.24. The molecule has 2 N–H and O–H groups in total. The van der Waals surface area contributed by atoms with Crippen molar-refractivity contribution in [2.24, 2.45) is 0 Å². The second-order valence-corrected chi connectivity index (χ2v) is 5.69. The molecule has 4 nitrogen and oxygen atoms in total. The maximum atomic E-state index is 13.2. The van der Waals surface area contributed by atoms with Crippen molar-refractivity contribution in [3.63, 3.8) is 0 Å². The Morgan fingerprint density at radius 2 is 2.13 bits per heavy atom. The van der Waals surface area contributed by atoms with Crippen LogP contribution in [-0.4, -0.2) is 18.8 Å². The van der Waals surface area contributed by atoms with Crippen LogP contribution in [0.5, 0.6) is 17.2 Å². The van der Waals surface area contributed by atoms with Gasteiger partial charge >= 0.3 is 0 Å². The summed E-state index contributed by atoms with van der Waals surface area (Å²) in [6, 6.07) is 10.3. The largest absolute Gasteiger partial charge is 0.505 e. The monoisotopic (exact) mass is 317 g/mol. The number of aromatic hydroxyl groups is 1. The lowest BCUT2D eigenvalue weighted by molar-refractivity contribution is 0.245. The highest BCUT2D eigenvalue weighted by Crippen LogP contribution is 2.36. The van der Waals surface area contributed by atoms with Crippen molar-refractivity contribution in [2.45, 2.75) is 25.4 Å². The minimum absolute atomic E-state index is 0.0383. The number of hydrogen-bond donors (Lipinski definition) is 2. The molecule has 23 heavy (non-hydrogen) atoms. The van der Waals surface area contributed by atoms with Gasteiger partial charge in [0.25, 0.3) is 0 Å². The summed E-state index contributed by atoms with van der Waals surface area (Å²) in [6.45, 7) is 2.63. The second kappa shape index (κ2) is 6.46. The molecule has 1 heterocycles. The van der Waals surface area contributed by atoms with Gasteiger partial charge in [0.2, 0.25) is 0 Å². The Morgan fingerprint density at radius 3 is 2.87 bits per heavy atom. The Morgan fingerprint density at radius 1 is 1.30 bits per heavy atom. The first-order chi connectivity index (χ1) is 11.1. The van der Waals surface area contributed by atoms with Crippen LogP contribution >= 0.6 is 0 Å². The zero-order valence-corrected chi connectivity index (χ0v) is 13.2. The first-order valence-electron chi connectivity index (χ1n) is 7.63. The summed E-state index contributed by atoms with van der Waals surface area (Å²) in [5, 5.41) is 13.1. The summed E-state index contributed by atoms with van der Waals surface area (Å²) >= 11 is 0. The van der Waals surface area contributed by atoms with Crippen LogP contribution in [0.1, 0.15) is 36.6 Å². The van der Waals surface area contributed by atoms with E-state index in [0.717, 1.165) is 29.0 Å². The van der Waals surface area contributed by atoms with E-state index < -0.39 is 5.82 Å². The van der Waals surface area contributed by atoms with Gasteiger partial charge in [-0.05, 0) is 42.8 Å². The number of phenolic OH excluding ortho intramolecular Hbond substituents is 1. The standard InChI is InChI=1S/C18H20FNO3/c1-11(12-3-5-15(19)17(21)9-12)20-16-7-8-23-18-6-4-13(22-2)10-14(16)18/h3-6,9-11,16,20-21H,7-8H2,1-2H3/t11?,16-/m0/s1. The molecule has 0 spiro atoms. The number of phenols is 1. The Kier molecular flexibility index (Phi) is 4.39. The summed E-state index contributed by atoms with van der Waals surface area (Å²) < 4.78 is 24.2. The van der Waals surface area contributed by atoms with Gasteiger partial charge in [-0.25, -0.2) is 4.39 Å². The van der Waals surface area contributed by atoms with Gasteiger partial charge < -0.3 is 19.9 Å². The predicted octanol–water partition coefficient (Wildman–Crippen LogP) is 3.71. The molecule has 2 aromatic rings. The van der Waals surface area contributed by atoms with E-state index >= 15 is 0 Å². The van der Waals surface area contributed by atoms with E-state index in [1.54, 1.807) is 13.2 Å². The fourth-order valence-electron chi connectivity index (χ4n) is 2.87. The first-order valence-corrected chi connectivity index (χ1v) is 7.63. The molecule has 0 saturated carbocycles. The average molecular weight is 317 g/mol. The zero-order chi connectivity index (χ0) is 16.4. The van der Waals surface area contributed by atoms with Crippen LogP contribution in [-0.2, 0) is 0 Å². The minimum Gasteiger partial charge on any atom is -0.505 e. The van der Waals surface area contributed by atoms with Gasteiger partial charge in [-0.3, -0.25) is 0 Å². The van der Waals surface area contributed by atoms with Crippen molar-refractivity contribution in [3.05, 3.63) is 53.3 Å². The van der Waals surface area contributed by atoms with Crippen LogP contribution in [0.15, 0.2) is 36.4 Å². The summed E-state index contributed by atoms with van der Waals surface area (Å²) in [7, 11) is 1.64. The summed E-state index contributed by atoms with van der Waals surface area (Å²) in [5.74, 6) is 0.698. The second-order valence-electron chi connectivity index (χ2n) is 5.69. The highest BCUT2D eigenvalue weighted by Gasteiger charge is 2.24. The average Bonchev–Trinajstić information content (AvgIpc) is 2.57. The minimum atomic E-state index is -0.609. The van der Waals surface area contributed by atoms with Crippen LogP contribution < -0.4 is 14.8 Å². The van der Waals surface area contributed by atoms with Crippen LogP contribution in [0.2, 0.25) is 0 Å². The van der Waals surface area contributed by atoms with Gasteiger partial charge in [-0.2, -0.15) is 0 Å². The lowest BCUT2D eigenvalue weighted by atomic mass is 9.98. The van der Waals surface area contributed by atoms with Crippen LogP contribution in [0.3, 0.4) is 0 Å². The van der Waals surface area contributed by atoms with E-state index in [1.807, 2.05) is 25.1 Å². The SMILES string of the molecule is COc1ccc2c(c1)[C@@H](NC(C)c1ccc(F)c(O)c1)CCO2. The van der Waals surface area contributed by atoms with Crippen molar-refractivity contribution >= 4 is 0 Å². The van der Waals surface area contributed by atoms with E-state index in [0.29, 0.717) is 6.61 Å². The van der Waals surface area contributed by atoms with E-state index in [9.17, 15) is 9.50 Å². The number of halogens is 1. The van der Waals surface area contributed by atoms with Crippen molar-refractivity contribution in [3.8, 4) is 17.2 Å². The van der Waals surface area contributed by atoms with Gasteiger partial charge in [-0.1, -0.05) is 6.07 Å². The molecule has 1 aliphatic heterocycles. The Bertz CT molecular complexity index is 705. The van der Waals surface area contributed by atoms with Gasteiger partial charge in [0.05, 0.1) is 13.7 Å². The molecule has 1 unspecified atom stereocenters. The van der Waals surface area contributed by atoms with Crippen molar-refractivity contribution < 1.29 is 19.0 Å². The highest BCUT2D eigenvalue weighted by atomic mass is 19.1. The number of ether oxygens (including phenoxy) is 2. The lowest BCUT2D eigenvalue weighted by Gasteiger charge is -2.30. The Balaban J connectivity index is 1.82. The van der Waals surface area contributed by atoms with E-state index in [4.69, 9.17) is 9.47 Å². The summed E-state index contributed by atoms with van der Waals surface area (Å²) in [5.41, 5.74) is 1.88. The molecule has 0 radical (unpaired) electrons. The van der Waals surface area contributed by atoms with Crippen molar-refractivity contribution in [2.75, 3.05) is 13.7 Å². The number of methoxy groups -OCH3 is 1. The molecule has 2 atom stereocenters. The Hall–Kier alpha value is -2.27. The third-order valence-electron chi connectivity index (χ3n) is 4.18. The van der Waals surface area contributed by atoms with Crippen molar-refractivity contribution in [1.29, 1.82) is 0 Å². The van der Waals surface area contributed by atoms with Crippen LogP contribution in [0, 0.1) is 5.82 Å². The molecule has 0 fully saturated rings. The quantitative estimate of drug-likeness (QED) is 0.902. The molecular formula is C18H20FNO3. The first kappa shape index (κ1) is 15.6. The van der Waals surface area contributed by atoms with Gasteiger partial charge in [0.15, 0.2) is 11.6 Å². The maximum Gasteiger partial charge on any atom is 0.164 e. The summed E-state index contributed by atoms with van der Waals surface area (Å²) in [6.07, 6.45) is 0.831. The molecular weight excluding hydrogens is 297 g/mol. The normalized spacial score (nSPS) is 18.0. The van der Waals surface area contributed by atoms with Crippen LogP contribution in [0.25, 0.3) is 0 Å². The number of benzene rings is 2. The molecule has 3 rings (SSSR count). The summed E-state index contributed by atoms with van der Waals surface area (Å²) in [4.78, 5) is 0.